The van der Waals surface area contributed by atoms with Crippen LogP contribution in [0.4, 0.5) is 4.39 Å². The van der Waals surface area contributed by atoms with E-state index in [1.807, 2.05) is 0 Å². The molecule has 0 aliphatic heterocycles. The number of rotatable bonds is 6. The normalized spacial score (nSPS) is 10.8. The van der Waals surface area contributed by atoms with E-state index >= 15 is 0 Å². The minimum absolute atomic E-state index is 0.281. The van der Waals surface area contributed by atoms with Gasteiger partial charge in [-0.2, -0.15) is 0 Å². The monoisotopic (exact) mass is 274 g/mol. The second-order valence-corrected chi connectivity index (χ2v) is 4.84. The van der Waals surface area contributed by atoms with Crippen molar-refractivity contribution < 1.29 is 4.39 Å². The van der Waals surface area contributed by atoms with Gasteiger partial charge in [0, 0.05) is 18.1 Å². The quantitative estimate of drug-likeness (QED) is 0.809. The summed E-state index contributed by atoms with van der Waals surface area (Å²) in [6, 6.07) is 4.37. The van der Waals surface area contributed by atoms with Crippen molar-refractivity contribution in [1.82, 2.24) is 4.90 Å². The van der Waals surface area contributed by atoms with Crippen LogP contribution in [-0.4, -0.2) is 23.0 Å². The van der Waals surface area contributed by atoms with Crippen LogP contribution in [0.25, 0.3) is 0 Å². The Labute approximate surface area is 112 Å². The molecule has 0 aliphatic carbocycles. The lowest BCUT2D eigenvalue weighted by molar-refractivity contribution is 0.304. The number of halogens is 2. The Balaban J connectivity index is 2.77. The van der Waals surface area contributed by atoms with Crippen molar-refractivity contribution in [3.63, 3.8) is 0 Å². The minimum atomic E-state index is -0.281. The van der Waals surface area contributed by atoms with Crippen LogP contribution >= 0.6 is 23.8 Å². The molecule has 94 valence electrons. The van der Waals surface area contributed by atoms with Gasteiger partial charge in [0.25, 0.3) is 0 Å². The molecule has 0 atom stereocenters. The molecule has 0 aromatic heterocycles. The number of nitrogens with zero attached hydrogens (tertiary/aromatic N) is 1. The second-order valence-electron chi connectivity index (χ2n) is 3.91. The van der Waals surface area contributed by atoms with E-state index in [1.165, 1.54) is 12.1 Å². The zero-order chi connectivity index (χ0) is 12.8. The van der Waals surface area contributed by atoms with Gasteiger partial charge in [-0.15, -0.1) is 0 Å². The number of benzene rings is 1. The first kappa shape index (κ1) is 14.4. The topological polar surface area (TPSA) is 29.3 Å². The summed E-state index contributed by atoms with van der Waals surface area (Å²) in [6.45, 7) is 4.00. The van der Waals surface area contributed by atoms with E-state index in [1.54, 1.807) is 6.07 Å². The molecule has 0 bridgehead atoms. The van der Waals surface area contributed by atoms with Gasteiger partial charge in [-0.05, 0) is 36.7 Å². The lowest BCUT2D eigenvalue weighted by Crippen LogP contribution is -2.33. The van der Waals surface area contributed by atoms with Gasteiger partial charge < -0.3 is 5.73 Å². The Morgan fingerprint density at radius 2 is 2.24 bits per heavy atom. The maximum atomic E-state index is 13.1. The zero-order valence-corrected chi connectivity index (χ0v) is 11.3. The summed E-state index contributed by atoms with van der Waals surface area (Å²) < 4.78 is 13.1. The molecule has 0 radical (unpaired) electrons. The summed E-state index contributed by atoms with van der Waals surface area (Å²) >= 11 is 10.9. The van der Waals surface area contributed by atoms with Crippen molar-refractivity contribution in [2.75, 3.05) is 13.1 Å². The van der Waals surface area contributed by atoms with E-state index in [0.717, 1.165) is 18.5 Å². The van der Waals surface area contributed by atoms with Gasteiger partial charge in [0.1, 0.15) is 5.82 Å². The first-order chi connectivity index (χ1) is 8.02. The highest BCUT2D eigenvalue weighted by Crippen LogP contribution is 2.19. The Morgan fingerprint density at radius 1 is 1.53 bits per heavy atom. The number of hydrogen-bond acceptors (Lipinski definition) is 2. The fraction of sp³-hybridized carbons (Fsp3) is 0.417. The molecule has 1 rings (SSSR count). The molecule has 0 amide bonds. The van der Waals surface area contributed by atoms with Crippen molar-refractivity contribution in [2.24, 2.45) is 5.73 Å². The van der Waals surface area contributed by atoms with Gasteiger partial charge in [-0.1, -0.05) is 30.7 Å². The molecule has 1 aromatic rings. The van der Waals surface area contributed by atoms with Crippen molar-refractivity contribution >= 4 is 28.8 Å². The highest BCUT2D eigenvalue weighted by molar-refractivity contribution is 7.80. The number of hydrogen-bond donors (Lipinski definition) is 1. The van der Waals surface area contributed by atoms with E-state index in [9.17, 15) is 4.39 Å². The van der Waals surface area contributed by atoms with Crippen molar-refractivity contribution in [2.45, 2.75) is 19.9 Å². The van der Waals surface area contributed by atoms with E-state index in [2.05, 4.69) is 11.8 Å². The van der Waals surface area contributed by atoms with E-state index in [4.69, 9.17) is 29.6 Å². The Bertz CT molecular complexity index is 398. The lowest BCUT2D eigenvalue weighted by atomic mass is 10.2. The van der Waals surface area contributed by atoms with E-state index < -0.39 is 0 Å². The van der Waals surface area contributed by atoms with Crippen molar-refractivity contribution in [3.05, 3.63) is 34.6 Å². The van der Waals surface area contributed by atoms with Crippen LogP contribution in [0, 0.1) is 5.82 Å². The van der Waals surface area contributed by atoms with E-state index in [-0.39, 0.29) is 5.82 Å². The summed E-state index contributed by atoms with van der Waals surface area (Å²) in [4.78, 5) is 2.49. The molecule has 0 saturated heterocycles. The molecule has 5 heteroatoms. The van der Waals surface area contributed by atoms with Crippen molar-refractivity contribution in [1.29, 1.82) is 0 Å². The molecule has 2 N–H and O–H groups in total. The highest BCUT2D eigenvalue weighted by atomic mass is 35.5. The van der Waals surface area contributed by atoms with Gasteiger partial charge in [0.2, 0.25) is 0 Å². The Morgan fingerprint density at radius 3 is 2.82 bits per heavy atom. The molecule has 0 spiro atoms. The predicted octanol–water partition coefficient (Wildman–Crippen LogP) is 2.98. The lowest BCUT2D eigenvalue weighted by Gasteiger charge is -2.21. The second kappa shape index (κ2) is 6.89. The van der Waals surface area contributed by atoms with Crippen LogP contribution < -0.4 is 5.73 Å². The average Bonchev–Trinajstić information content (AvgIpc) is 2.23. The third kappa shape index (κ3) is 4.98. The average molecular weight is 275 g/mol. The maximum absolute atomic E-state index is 13.1. The standard InChI is InChI=1S/C12H16ClFN2S/c1-2-5-16(8-12(15)17)7-9-6-10(14)3-4-11(9)13/h3-4,6H,2,5,7-8H2,1H3,(H2,15,17). The van der Waals surface area contributed by atoms with Crippen LogP contribution in [0.2, 0.25) is 5.02 Å². The molecule has 1 aromatic carbocycles. The Kier molecular flexibility index (Phi) is 5.82. The number of nitrogens with two attached hydrogens (primary N) is 1. The molecule has 0 aliphatic rings. The zero-order valence-electron chi connectivity index (χ0n) is 9.75. The van der Waals surface area contributed by atoms with Gasteiger partial charge >= 0.3 is 0 Å². The van der Waals surface area contributed by atoms with E-state index in [0.29, 0.717) is 23.1 Å². The number of thiocarbonyl (C=S) groups is 1. The molecular formula is C12H16ClFN2S. The van der Waals surface area contributed by atoms with Crippen LogP contribution in [0.3, 0.4) is 0 Å². The largest absolute Gasteiger partial charge is 0.392 e. The fourth-order valence-electron chi connectivity index (χ4n) is 1.66. The van der Waals surface area contributed by atoms with Gasteiger partial charge in [0.15, 0.2) is 0 Å². The SMILES string of the molecule is CCCN(CC(N)=S)Cc1cc(F)ccc1Cl. The third-order valence-corrected chi connectivity index (χ3v) is 2.82. The first-order valence-corrected chi connectivity index (χ1v) is 6.26. The first-order valence-electron chi connectivity index (χ1n) is 5.47. The third-order valence-electron chi connectivity index (χ3n) is 2.32. The summed E-state index contributed by atoms with van der Waals surface area (Å²) in [5.41, 5.74) is 6.29. The molecule has 0 heterocycles. The van der Waals surface area contributed by atoms with Crippen molar-refractivity contribution in [3.8, 4) is 0 Å². The van der Waals surface area contributed by atoms with Crippen LogP contribution in [0.1, 0.15) is 18.9 Å². The summed E-state index contributed by atoms with van der Waals surface area (Å²) in [7, 11) is 0. The van der Waals surface area contributed by atoms with Gasteiger partial charge in [-0.25, -0.2) is 4.39 Å². The fourth-order valence-corrected chi connectivity index (χ4v) is 2.02. The Hall–Kier alpha value is -0.710. The summed E-state index contributed by atoms with van der Waals surface area (Å²) in [5, 5.41) is 0.565. The van der Waals surface area contributed by atoms with Gasteiger partial charge in [0.05, 0.1) is 4.99 Å². The van der Waals surface area contributed by atoms with Crippen LogP contribution in [0.15, 0.2) is 18.2 Å². The summed E-state index contributed by atoms with van der Waals surface area (Å²) in [5.74, 6) is -0.281. The smallest absolute Gasteiger partial charge is 0.123 e. The molecule has 0 unspecified atom stereocenters. The molecule has 0 saturated carbocycles. The molecule has 2 nitrogen and oxygen atoms in total. The summed E-state index contributed by atoms with van der Waals surface area (Å²) in [6.07, 6.45) is 0.982. The molecule has 17 heavy (non-hydrogen) atoms. The highest BCUT2D eigenvalue weighted by Gasteiger charge is 2.09. The van der Waals surface area contributed by atoms with Crippen LogP contribution in [0.5, 0.6) is 0 Å². The predicted molar refractivity (Wildman–Crippen MR) is 73.8 cm³/mol. The van der Waals surface area contributed by atoms with Gasteiger partial charge in [-0.3, -0.25) is 4.90 Å². The molecular weight excluding hydrogens is 259 g/mol. The van der Waals surface area contributed by atoms with Crippen LogP contribution in [-0.2, 0) is 6.54 Å². The molecule has 0 fully saturated rings. The minimum Gasteiger partial charge on any atom is -0.392 e. The maximum Gasteiger partial charge on any atom is 0.123 e.